The van der Waals surface area contributed by atoms with Crippen molar-refractivity contribution in [3.05, 3.63) is 51.9 Å². The Balaban J connectivity index is 1.64. The molecule has 1 saturated heterocycles. The molecule has 1 aliphatic rings. The number of ether oxygens (including phenoxy) is 1. The molecule has 1 aromatic carbocycles. The first-order valence-electron chi connectivity index (χ1n) is 9.47. The molecule has 1 aliphatic heterocycles. The van der Waals surface area contributed by atoms with Gasteiger partial charge < -0.3 is 14.2 Å². The molecule has 7 heteroatoms. The normalized spacial score (nSPS) is 18.1. The first-order valence-corrected chi connectivity index (χ1v) is 9.47. The van der Waals surface area contributed by atoms with Gasteiger partial charge in [-0.05, 0) is 57.5 Å². The van der Waals surface area contributed by atoms with Gasteiger partial charge in [0.25, 0.3) is 5.56 Å². The molecule has 3 aromatic rings. The summed E-state index contributed by atoms with van der Waals surface area (Å²) in [7, 11) is 0. The van der Waals surface area contributed by atoms with Crippen molar-refractivity contribution in [1.82, 2.24) is 20.0 Å². The lowest BCUT2D eigenvalue weighted by Gasteiger charge is -2.33. The number of likely N-dealkylation sites (tertiary alicyclic amines) is 1. The number of H-pyrrole nitrogens is 1. The standard InChI is InChI=1S/C20H24N4O3/c1-3-26-16-7-8-17-14(11-16)10-15(19(25)22-17)12-24-9-5-4-6-18(24)20-21-13(2)23-27-20/h7-8,10-11,18H,3-6,9,12H2,1-2H3,(H,22,25)/t18-/m1/s1. The van der Waals surface area contributed by atoms with Gasteiger partial charge in [-0.15, -0.1) is 0 Å². The molecule has 0 saturated carbocycles. The number of hydrogen-bond donors (Lipinski definition) is 1. The number of nitrogens with one attached hydrogen (secondary N) is 1. The van der Waals surface area contributed by atoms with Crippen molar-refractivity contribution in [3.63, 3.8) is 0 Å². The van der Waals surface area contributed by atoms with Crippen molar-refractivity contribution in [2.24, 2.45) is 0 Å². The van der Waals surface area contributed by atoms with Crippen LogP contribution in [0.25, 0.3) is 10.9 Å². The van der Waals surface area contributed by atoms with Crippen LogP contribution in [0.1, 0.15) is 49.5 Å². The van der Waals surface area contributed by atoms with E-state index in [1.807, 2.05) is 38.1 Å². The number of nitrogens with zero attached hydrogens (tertiary/aromatic N) is 3. The quantitative estimate of drug-likeness (QED) is 0.743. The summed E-state index contributed by atoms with van der Waals surface area (Å²) >= 11 is 0. The van der Waals surface area contributed by atoms with E-state index in [4.69, 9.17) is 9.26 Å². The van der Waals surface area contributed by atoms with Crippen LogP contribution in [-0.2, 0) is 6.54 Å². The lowest BCUT2D eigenvalue weighted by molar-refractivity contribution is 0.111. The Morgan fingerprint density at radius 2 is 2.22 bits per heavy atom. The molecule has 0 bridgehead atoms. The van der Waals surface area contributed by atoms with E-state index in [0.29, 0.717) is 24.9 Å². The lowest BCUT2D eigenvalue weighted by Crippen LogP contribution is -2.35. The van der Waals surface area contributed by atoms with E-state index >= 15 is 0 Å². The number of hydrogen-bond acceptors (Lipinski definition) is 6. The summed E-state index contributed by atoms with van der Waals surface area (Å²) in [6, 6.07) is 7.75. The number of fused-ring (bicyclic) bond motifs is 1. The zero-order valence-electron chi connectivity index (χ0n) is 15.7. The second-order valence-electron chi connectivity index (χ2n) is 6.97. The highest BCUT2D eigenvalue weighted by atomic mass is 16.5. The second kappa shape index (κ2) is 7.52. The van der Waals surface area contributed by atoms with Crippen molar-refractivity contribution in [2.45, 2.75) is 45.7 Å². The molecular formula is C20H24N4O3. The van der Waals surface area contributed by atoms with Crippen LogP contribution in [0.3, 0.4) is 0 Å². The predicted octanol–water partition coefficient (Wildman–Crippen LogP) is 3.35. The maximum absolute atomic E-state index is 12.6. The number of piperidine rings is 1. The molecule has 0 unspecified atom stereocenters. The number of aryl methyl sites for hydroxylation is 1. The average Bonchev–Trinajstić information content (AvgIpc) is 3.09. The van der Waals surface area contributed by atoms with E-state index in [1.165, 1.54) is 0 Å². The van der Waals surface area contributed by atoms with E-state index in [2.05, 4.69) is 20.0 Å². The molecule has 0 amide bonds. The van der Waals surface area contributed by atoms with Crippen LogP contribution in [0.15, 0.2) is 33.6 Å². The summed E-state index contributed by atoms with van der Waals surface area (Å²) in [6.07, 6.45) is 3.18. The number of aromatic nitrogens is 3. The minimum Gasteiger partial charge on any atom is -0.494 e. The zero-order valence-corrected chi connectivity index (χ0v) is 15.7. The van der Waals surface area contributed by atoms with Gasteiger partial charge in [0.1, 0.15) is 5.75 Å². The van der Waals surface area contributed by atoms with Gasteiger partial charge in [0, 0.05) is 23.0 Å². The van der Waals surface area contributed by atoms with Gasteiger partial charge in [0.05, 0.1) is 12.6 Å². The fraction of sp³-hybridized carbons (Fsp3) is 0.450. The summed E-state index contributed by atoms with van der Waals surface area (Å²) in [5, 5.41) is 4.89. The Kier molecular flexibility index (Phi) is 4.94. The summed E-state index contributed by atoms with van der Waals surface area (Å²) < 4.78 is 11.0. The molecule has 142 valence electrons. The third-order valence-electron chi connectivity index (χ3n) is 5.02. The monoisotopic (exact) mass is 368 g/mol. The average molecular weight is 368 g/mol. The van der Waals surface area contributed by atoms with Gasteiger partial charge in [-0.1, -0.05) is 11.6 Å². The number of aromatic amines is 1. The van der Waals surface area contributed by atoms with Crippen molar-refractivity contribution < 1.29 is 9.26 Å². The summed E-state index contributed by atoms with van der Waals surface area (Å²) in [5.41, 5.74) is 1.49. The van der Waals surface area contributed by atoms with Gasteiger partial charge in [-0.25, -0.2) is 0 Å². The van der Waals surface area contributed by atoms with Crippen LogP contribution < -0.4 is 10.3 Å². The topological polar surface area (TPSA) is 84.3 Å². The zero-order chi connectivity index (χ0) is 18.8. The number of benzene rings is 1. The van der Waals surface area contributed by atoms with Gasteiger partial charge in [0.2, 0.25) is 5.89 Å². The smallest absolute Gasteiger partial charge is 0.252 e. The SMILES string of the molecule is CCOc1ccc2[nH]c(=O)c(CN3CCCC[C@@H]3c3nc(C)no3)cc2c1. The third kappa shape index (κ3) is 3.73. The van der Waals surface area contributed by atoms with E-state index in [9.17, 15) is 4.79 Å². The fourth-order valence-electron chi connectivity index (χ4n) is 3.73. The Bertz CT molecular complexity index is 994. The molecule has 1 fully saturated rings. The Labute approximate surface area is 157 Å². The van der Waals surface area contributed by atoms with Crippen LogP contribution in [0, 0.1) is 6.92 Å². The first kappa shape index (κ1) is 17.7. The molecule has 0 radical (unpaired) electrons. The fourth-order valence-corrected chi connectivity index (χ4v) is 3.73. The maximum atomic E-state index is 12.6. The minimum atomic E-state index is -0.0577. The number of rotatable bonds is 5. The highest BCUT2D eigenvalue weighted by Gasteiger charge is 2.29. The molecule has 1 atom stereocenters. The molecule has 0 aliphatic carbocycles. The lowest BCUT2D eigenvalue weighted by atomic mass is 10.0. The maximum Gasteiger partial charge on any atom is 0.252 e. The van der Waals surface area contributed by atoms with Crippen molar-refractivity contribution >= 4 is 10.9 Å². The van der Waals surface area contributed by atoms with Gasteiger partial charge in [0.15, 0.2) is 5.82 Å². The summed E-state index contributed by atoms with van der Waals surface area (Å²) in [4.78, 5) is 22.3. The molecule has 3 heterocycles. The third-order valence-corrected chi connectivity index (χ3v) is 5.02. The highest BCUT2D eigenvalue weighted by molar-refractivity contribution is 5.80. The first-order chi connectivity index (χ1) is 13.1. The van der Waals surface area contributed by atoms with Crippen molar-refractivity contribution in [1.29, 1.82) is 0 Å². The molecule has 1 N–H and O–H groups in total. The molecule has 7 nitrogen and oxygen atoms in total. The highest BCUT2D eigenvalue weighted by Crippen LogP contribution is 2.31. The van der Waals surface area contributed by atoms with Crippen LogP contribution in [0.4, 0.5) is 0 Å². The van der Waals surface area contributed by atoms with Crippen LogP contribution in [0.5, 0.6) is 5.75 Å². The molecule has 4 rings (SSSR count). The Morgan fingerprint density at radius 1 is 1.33 bits per heavy atom. The van der Waals surface area contributed by atoms with Crippen molar-refractivity contribution in [2.75, 3.05) is 13.2 Å². The van der Waals surface area contributed by atoms with E-state index in [1.54, 1.807) is 0 Å². The van der Waals surface area contributed by atoms with E-state index in [0.717, 1.165) is 48.0 Å². The molecule has 27 heavy (non-hydrogen) atoms. The molecular weight excluding hydrogens is 344 g/mol. The number of pyridine rings is 1. The molecule has 0 spiro atoms. The van der Waals surface area contributed by atoms with Gasteiger partial charge in [-0.3, -0.25) is 9.69 Å². The summed E-state index contributed by atoms with van der Waals surface area (Å²) in [5.74, 6) is 2.09. The predicted molar refractivity (Wildman–Crippen MR) is 102 cm³/mol. The Hall–Kier alpha value is -2.67. The van der Waals surface area contributed by atoms with Crippen molar-refractivity contribution in [3.8, 4) is 5.75 Å². The second-order valence-corrected chi connectivity index (χ2v) is 6.97. The minimum absolute atomic E-state index is 0.0577. The largest absolute Gasteiger partial charge is 0.494 e. The van der Waals surface area contributed by atoms with Crippen LogP contribution >= 0.6 is 0 Å². The van der Waals surface area contributed by atoms with E-state index in [-0.39, 0.29) is 11.6 Å². The van der Waals surface area contributed by atoms with E-state index < -0.39 is 0 Å². The van der Waals surface area contributed by atoms with Gasteiger partial charge in [-0.2, -0.15) is 4.98 Å². The van der Waals surface area contributed by atoms with Crippen LogP contribution in [0.2, 0.25) is 0 Å². The Morgan fingerprint density at radius 3 is 3.00 bits per heavy atom. The summed E-state index contributed by atoms with van der Waals surface area (Å²) in [6.45, 7) is 5.85. The molecule has 2 aromatic heterocycles. The van der Waals surface area contributed by atoms with Gasteiger partial charge >= 0.3 is 0 Å². The van der Waals surface area contributed by atoms with Crippen LogP contribution in [-0.4, -0.2) is 33.2 Å².